The van der Waals surface area contributed by atoms with E-state index < -0.39 is 0 Å². The van der Waals surface area contributed by atoms with E-state index >= 15 is 0 Å². The van der Waals surface area contributed by atoms with Crippen molar-refractivity contribution in [1.82, 2.24) is 5.32 Å². The molecule has 0 aromatic heterocycles. The number of carbonyl (C=O) groups excluding carboxylic acids is 2. The zero-order valence-corrected chi connectivity index (χ0v) is 17.1. The Labute approximate surface area is 163 Å². The SMILES string of the molecule is COc1ccc([C@H](C)NC(=O)CCC(=O)c2ccc(C)c(C)c2)cc1Br. The van der Waals surface area contributed by atoms with Gasteiger partial charge in [0.05, 0.1) is 17.6 Å². The Morgan fingerprint density at radius 2 is 1.81 bits per heavy atom. The van der Waals surface area contributed by atoms with Gasteiger partial charge in [-0.05, 0) is 71.6 Å². The summed E-state index contributed by atoms with van der Waals surface area (Å²) in [5.74, 6) is 0.594. The number of halogens is 1. The quantitative estimate of drug-likeness (QED) is 0.650. The molecule has 0 heterocycles. The number of hydrogen-bond donors (Lipinski definition) is 1. The van der Waals surface area contributed by atoms with E-state index in [-0.39, 0.29) is 30.6 Å². The molecule has 0 aliphatic carbocycles. The van der Waals surface area contributed by atoms with Crippen molar-refractivity contribution in [1.29, 1.82) is 0 Å². The fourth-order valence-corrected chi connectivity index (χ4v) is 3.19. The van der Waals surface area contributed by atoms with E-state index in [9.17, 15) is 9.59 Å². The van der Waals surface area contributed by atoms with Crippen LogP contribution in [-0.2, 0) is 4.79 Å². The predicted octanol–water partition coefficient (Wildman–Crippen LogP) is 4.91. The van der Waals surface area contributed by atoms with Gasteiger partial charge in [0.2, 0.25) is 5.91 Å². The summed E-state index contributed by atoms with van der Waals surface area (Å²) in [5.41, 5.74) is 3.86. The summed E-state index contributed by atoms with van der Waals surface area (Å²) in [6.45, 7) is 5.90. The first-order valence-electron chi connectivity index (χ1n) is 8.55. The molecule has 0 saturated heterocycles. The Bertz CT molecular complexity index is 817. The van der Waals surface area contributed by atoms with E-state index in [1.165, 1.54) is 0 Å². The highest BCUT2D eigenvalue weighted by Crippen LogP contribution is 2.28. The lowest BCUT2D eigenvalue weighted by atomic mass is 10.0. The third-order valence-electron chi connectivity index (χ3n) is 4.46. The number of benzene rings is 2. The Kier molecular flexibility index (Phi) is 6.98. The summed E-state index contributed by atoms with van der Waals surface area (Å²) in [4.78, 5) is 24.5. The zero-order chi connectivity index (χ0) is 19.3. The van der Waals surface area contributed by atoms with Crippen molar-refractivity contribution in [2.24, 2.45) is 0 Å². The summed E-state index contributed by atoms with van der Waals surface area (Å²) < 4.78 is 6.05. The van der Waals surface area contributed by atoms with Gasteiger partial charge in [0.1, 0.15) is 5.75 Å². The maximum Gasteiger partial charge on any atom is 0.220 e. The Balaban J connectivity index is 1.90. The minimum Gasteiger partial charge on any atom is -0.496 e. The van der Waals surface area contributed by atoms with Gasteiger partial charge in [-0.25, -0.2) is 0 Å². The summed E-state index contributed by atoms with van der Waals surface area (Å²) >= 11 is 3.45. The lowest BCUT2D eigenvalue weighted by Gasteiger charge is -2.15. The van der Waals surface area contributed by atoms with Gasteiger partial charge in [-0.3, -0.25) is 9.59 Å². The van der Waals surface area contributed by atoms with Gasteiger partial charge in [0.25, 0.3) is 0 Å². The maximum absolute atomic E-state index is 12.3. The highest BCUT2D eigenvalue weighted by atomic mass is 79.9. The van der Waals surface area contributed by atoms with E-state index in [0.717, 1.165) is 26.9 Å². The molecule has 0 aliphatic heterocycles. The van der Waals surface area contributed by atoms with Crippen molar-refractivity contribution in [2.75, 3.05) is 7.11 Å². The highest BCUT2D eigenvalue weighted by Gasteiger charge is 2.14. The van der Waals surface area contributed by atoms with E-state index in [2.05, 4.69) is 21.2 Å². The van der Waals surface area contributed by atoms with E-state index in [4.69, 9.17) is 4.74 Å². The lowest BCUT2D eigenvalue weighted by molar-refractivity contribution is -0.121. The van der Waals surface area contributed by atoms with Gasteiger partial charge >= 0.3 is 0 Å². The van der Waals surface area contributed by atoms with Crippen LogP contribution in [0.4, 0.5) is 0 Å². The number of carbonyl (C=O) groups is 2. The van der Waals surface area contributed by atoms with E-state index in [0.29, 0.717) is 5.56 Å². The van der Waals surface area contributed by atoms with Crippen LogP contribution in [0.25, 0.3) is 0 Å². The molecular formula is C21H24BrNO3. The molecule has 1 amide bonds. The van der Waals surface area contributed by atoms with Crippen LogP contribution in [0.15, 0.2) is 40.9 Å². The summed E-state index contributed by atoms with van der Waals surface area (Å²) in [6.07, 6.45) is 0.376. The van der Waals surface area contributed by atoms with Gasteiger partial charge in [-0.1, -0.05) is 18.2 Å². The van der Waals surface area contributed by atoms with Crippen LogP contribution in [0.1, 0.15) is 52.9 Å². The summed E-state index contributed by atoms with van der Waals surface area (Å²) in [7, 11) is 1.61. The molecule has 2 aromatic rings. The molecule has 26 heavy (non-hydrogen) atoms. The Morgan fingerprint density at radius 3 is 2.42 bits per heavy atom. The first-order chi connectivity index (χ1) is 12.3. The second-order valence-electron chi connectivity index (χ2n) is 6.41. The number of amides is 1. The number of ether oxygens (including phenoxy) is 1. The summed E-state index contributed by atoms with van der Waals surface area (Å²) in [6, 6.07) is 11.2. The van der Waals surface area contributed by atoms with Crippen LogP contribution in [0.2, 0.25) is 0 Å². The van der Waals surface area contributed by atoms with E-state index in [1.807, 2.05) is 57.2 Å². The summed E-state index contributed by atoms with van der Waals surface area (Å²) in [5, 5.41) is 2.94. The Hall–Kier alpha value is -2.14. The number of aryl methyl sites for hydroxylation is 2. The number of ketones is 1. The normalized spacial score (nSPS) is 11.7. The molecule has 0 spiro atoms. The topological polar surface area (TPSA) is 55.4 Å². The Morgan fingerprint density at radius 1 is 1.08 bits per heavy atom. The van der Waals surface area contributed by atoms with Crippen LogP contribution < -0.4 is 10.1 Å². The van der Waals surface area contributed by atoms with Crippen LogP contribution in [0, 0.1) is 13.8 Å². The molecule has 2 rings (SSSR count). The lowest BCUT2D eigenvalue weighted by Crippen LogP contribution is -2.27. The van der Waals surface area contributed by atoms with Crippen LogP contribution in [-0.4, -0.2) is 18.8 Å². The van der Waals surface area contributed by atoms with Crippen molar-refractivity contribution in [3.05, 3.63) is 63.1 Å². The third kappa shape index (κ3) is 5.18. The zero-order valence-electron chi connectivity index (χ0n) is 15.6. The van der Waals surface area contributed by atoms with Crippen LogP contribution >= 0.6 is 15.9 Å². The highest BCUT2D eigenvalue weighted by molar-refractivity contribution is 9.10. The first kappa shape index (κ1) is 20.2. The molecule has 0 radical (unpaired) electrons. The number of hydrogen-bond acceptors (Lipinski definition) is 3. The van der Waals surface area contributed by atoms with Gasteiger partial charge in [-0.15, -0.1) is 0 Å². The molecule has 1 N–H and O–H groups in total. The van der Waals surface area contributed by atoms with Gasteiger partial charge in [0, 0.05) is 18.4 Å². The number of nitrogens with one attached hydrogen (secondary N) is 1. The third-order valence-corrected chi connectivity index (χ3v) is 5.08. The second kappa shape index (κ2) is 8.99. The van der Waals surface area contributed by atoms with Gasteiger partial charge in [-0.2, -0.15) is 0 Å². The van der Waals surface area contributed by atoms with Crippen molar-refractivity contribution in [3.63, 3.8) is 0 Å². The van der Waals surface area contributed by atoms with Gasteiger partial charge in [0.15, 0.2) is 5.78 Å². The molecule has 138 valence electrons. The fourth-order valence-electron chi connectivity index (χ4n) is 2.64. The van der Waals surface area contributed by atoms with Crippen LogP contribution in [0.3, 0.4) is 0 Å². The first-order valence-corrected chi connectivity index (χ1v) is 9.34. The molecule has 5 heteroatoms. The maximum atomic E-state index is 12.3. The molecular weight excluding hydrogens is 394 g/mol. The minimum atomic E-state index is -0.151. The molecule has 0 fully saturated rings. The number of rotatable bonds is 7. The molecule has 4 nitrogen and oxygen atoms in total. The molecule has 1 atom stereocenters. The molecule has 2 aromatic carbocycles. The fraction of sp³-hybridized carbons (Fsp3) is 0.333. The minimum absolute atomic E-state index is 0.0110. The number of methoxy groups -OCH3 is 1. The van der Waals surface area contributed by atoms with Crippen molar-refractivity contribution < 1.29 is 14.3 Å². The molecule has 0 unspecified atom stereocenters. The average Bonchev–Trinajstić information content (AvgIpc) is 2.61. The van der Waals surface area contributed by atoms with Crippen molar-refractivity contribution >= 4 is 27.6 Å². The molecule has 0 aliphatic rings. The van der Waals surface area contributed by atoms with Gasteiger partial charge < -0.3 is 10.1 Å². The molecule has 0 saturated carbocycles. The monoisotopic (exact) mass is 417 g/mol. The van der Waals surface area contributed by atoms with Crippen molar-refractivity contribution in [3.8, 4) is 5.75 Å². The predicted molar refractivity (Wildman–Crippen MR) is 107 cm³/mol. The largest absolute Gasteiger partial charge is 0.496 e. The molecule has 0 bridgehead atoms. The van der Waals surface area contributed by atoms with E-state index in [1.54, 1.807) is 7.11 Å². The van der Waals surface area contributed by atoms with Crippen LogP contribution in [0.5, 0.6) is 5.75 Å². The number of Topliss-reactive ketones (excluding diaryl/α,β-unsaturated/α-hetero) is 1. The standard InChI is InChI=1S/C21H24BrNO3/c1-13-5-6-17(11-14(13)2)19(24)8-10-21(25)23-15(3)16-7-9-20(26-4)18(22)12-16/h5-7,9,11-12,15H,8,10H2,1-4H3,(H,23,25)/t15-/m0/s1. The smallest absolute Gasteiger partial charge is 0.220 e. The average molecular weight is 418 g/mol. The second-order valence-corrected chi connectivity index (χ2v) is 7.26. The van der Waals surface area contributed by atoms with Crippen molar-refractivity contribution in [2.45, 2.75) is 39.7 Å².